The van der Waals surface area contributed by atoms with Crippen molar-refractivity contribution in [2.24, 2.45) is 0 Å². The van der Waals surface area contributed by atoms with Crippen molar-refractivity contribution in [2.45, 2.75) is 39.3 Å². The van der Waals surface area contributed by atoms with Gasteiger partial charge in [0.15, 0.2) is 0 Å². The summed E-state index contributed by atoms with van der Waals surface area (Å²) in [5, 5.41) is 2.66. The molecule has 0 bridgehead atoms. The van der Waals surface area contributed by atoms with Crippen molar-refractivity contribution in [2.75, 3.05) is 14.1 Å². The number of aryl methyl sites for hydroxylation is 1. The molecule has 21 heavy (non-hydrogen) atoms. The number of nitrogens with zero attached hydrogens (tertiary/aromatic N) is 1. The summed E-state index contributed by atoms with van der Waals surface area (Å²) in [6.07, 6.45) is -0.606. The number of ether oxygens (including phenoxy) is 1. The molecule has 0 aromatic heterocycles. The summed E-state index contributed by atoms with van der Waals surface area (Å²) in [6, 6.07) is 6.72. The first-order valence-corrected chi connectivity index (χ1v) is 6.88. The molecule has 0 spiro atoms. The van der Waals surface area contributed by atoms with E-state index >= 15 is 0 Å². The Labute approximate surface area is 126 Å². The Hall–Kier alpha value is -2.04. The first-order chi connectivity index (χ1) is 9.61. The lowest BCUT2D eigenvalue weighted by atomic mass is 10.0. The highest BCUT2D eigenvalue weighted by Gasteiger charge is 2.27. The van der Waals surface area contributed by atoms with Crippen LogP contribution in [0.2, 0.25) is 0 Å². The maximum absolute atomic E-state index is 12.4. The fraction of sp³-hybridized carbons (Fsp3) is 0.500. The fourth-order valence-electron chi connectivity index (χ4n) is 1.87. The Morgan fingerprint density at radius 1 is 1.19 bits per heavy atom. The highest BCUT2D eigenvalue weighted by atomic mass is 16.6. The van der Waals surface area contributed by atoms with Gasteiger partial charge in [0.2, 0.25) is 5.91 Å². The summed E-state index contributed by atoms with van der Waals surface area (Å²) >= 11 is 0. The van der Waals surface area contributed by atoms with Crippen LogP contribution in [0.3, 0.4) is 0 Å². The zero-order chi connectivity index (χ0) is 16.2. The molecule has 0 saturated carbocycles. The summed E-state index contributed by atoms with van der Waals surface area (Å²) in [7, 11) is 3.31. The quantitative estimate of drug-likeness (QED) is 0.931. The molecule has 0 unspecified atom stereocenters. The first-order valence-electron chi connectivity index (χ1n) is 6.88. The molecule has 1 N–H and O–H groups in total. The molecule has 2 amide bonds. The Morgan fingerprint density at radius 3 is 2.24 bits per heavy atom. The predicted molar refractivity (Wildman–Crippen MR) is 82.0 cm³/mol. The summed E-state index contributed by atoms with van der Waals surface area (Å²) in [5.74, 6) is -0.199. The van der Waals surface area contributed by atoms with E-state index in [2.05, 4.69) is 5.32 Å². The molecule has 0 radical (unpaired) electrons. The molecule has 0 saturated heterocycles. The third-order valence-electron chi connectivity index (χ3n) is 2.85. The van der Waals surface area contributed by atoms with Crippen molar-refractivity contribution < 1.29 is 14.3 Å². The van der Waals surface area contributed by atoms with Crippen LogP contribution in [-0.2, 0) is 9.53 Å². The van der Waals surface area contributed by atoms with Crippen LogP contribution >= 0.6 is 0 Å². The SMILES string of the molecule is Cc1ccccc1[C@@H](NC(=O)OC(C)(C)C)C(=O)N(C)C. The van der Waals surface area contributed by atoms with Crippen molar-refractivity contribution in [3.8, 4) is 0 Å². The van der Waals surface area contributed by atoms with E-state index in [1.165, 1.54) is 4.90 Å². The molecule has 0 fully saturated rings. The Bertz CT molecular complexity index is 518. The maximum atomic E-state index is 12.4. The average Bonchev–Trinajstić information content (AvgIpc) is 2.34. The summed E-state index contributed by atoms with van der Waals surface area (Å²) in [6.45, 7) is 7.25. The van der Waals surface area contributed by atoms with Gasteiger partial charge in [0.25, 0.3) is 0 Å². The average molecular weight is 292 g/mol. The number of alkyl carbamates (subject to hydrolysis) is 1. The molecule has 1 atom stereocenters. The molecule has 5 nitrogen and oxygen atoms in total. The van der Waals surface area contributed by atoms with Gasteiger partial charge in [-0.3, -0.25) is 4.79 Å². The number of benzene rings is 1. The summed E-state index contributed by atoms with van der Waals surface area (Å²) < 4.78 is 5.24. The maximum Gasteiger partial charge on any atom is 0.408 e. The second-order valence-electron chi connectivity index (χ2n) is 6.17. The largest absolute Gasteiger partial charge is 0.444 e. The van der Waals surface area contributed by atoms with E-state index in [-0.39, 0.29) is 5.91 Å². The normalized spacial score (nSPS) is 12.5. The lowest BCUT2D eigenvalue weighted by Gasteiger charge is -2.26. The minimum Gasteiger partial charge on any atom is -0.444 e. The molecular weight excluding hydrogens is 268 g/mol. The van der Waals surface area contributed by atoms with E-state index in [4.69, 9.17) is 4.74 Å². The van der Waals surface area contributed by atoms with Crippen molar-refractivity contribution in [1.82, 2.24) is 10.2 Å². The first kappa shape index (κ1) is 17.0. The van der Waals surface area contributed by atoms with Crippen molar-refractivity contribution in [3.63, 3.8) is 0 Å². The van der Waals surface area contributed by atoms with Crippen molar-refractivity contribution in [1.29, 1.82) is 0 Å². The van der Waals surface area contributed by atoms with Gasteiger partial charge in [-0.15, -0.1) is 0 Å². The van der Waals surface area contributed by atoms with Crippen molar-refractivity contribution >= 4 is 12.0 Å². The van der Waals surface area contributed by atoms with E-state index in [0.29, 0.717) is 0 Å². The molecule has 1 aromatic rings. The molecule has 0 heterocycles. The molecule has 0 aliphatic rings. The van der Waals surface area contributed by atoms with Gasteiger partial charge in [-0.1, -0.05) is 24.3 Å². The highest BCUT2D eigenvalue weighted by Crippen LogP contribution is 2.20. The number of carbonyl (C=O) groups is 2. The monoisotopic (exact) mass is 292 g/mol. The van der Waals surface area contributed by atoms with Crippen LogP contribution in [0, 0.1) is 6.92 Å². The van der Waals surface area contributed by atoms with E-state index in [1.807, 2.05) is 31.2 Å². The lowest BCUT2D eigenvalue weighted by Crippen LogP contribution is -2.42. The number of rotatable bonds is 3. The van der Waals surface area contributed by atoms with Crippen LogP contribution in [-0.4, -0.2) is 36.6 Å². The topological polar surface area (TPSA) is 58.6 Å². The van der Waals surface area contributed by atoms with Gasteiger partial charge in [-0.25, -0.2) is 4.79 Å². The molecule has 1 rings (SSSR count). The Morgan fingerprint density at radius 2 is 1.76 bits per heavy atom. The van der Waals surface area contributed by atoms with Crippen LogP contribution in [0.4, 0.5) is 4.79 Å². The smallest absolute Gasteiger partial charge is 0.408 e. The van der Waals surface area contributed by atoms with Gasteiger partial charge >= 0.3 is 6.09 Å². The molecule has 1 aromatic carbocycles. The number of likely N-dealkylation sites (N-methyl/N-ethyl adjacent to an activating group) is 1. The van der Waals surface area contributed by atoms with Gasteiger partial charge in [0.05, 0.1) is 0 Å². The number of hydrogen-bond donors (Lipinski definition) is 1. The van der Waals surface area contributed by atoms with Gasteiger partial charge in [-0.05, 0) is 38.8 Å². The minimum atomic E-state index is -0.754. The van der Waals surface area contributed by atoms with E-state index in [9.17, 15) is 9.59 Å². The van der Waals surface area contributed by atoms with Crippen LogP contribution in [0.5, 0.6) is 0 Å². The number of carbonyl (C=O) groups excluding carboxylic acids is 2. The molecule has 5 heteroatoms. The summed E-state index contributed by atoms with van der Waals surface area (Å²) in [4.78, 5) is 25.8. The lowest BCUT2D eigenvalue weighted by molar-refractivity contribution is -0.131. The van der Waals surface area contributed by atoms with Crippen LogP contribution in [0.15, 0.2) is 24.3 Å². The number of hydrogen-bond acceptors (Lipinski definition) is 3. The van der Waals surface area contributed by atoms with E-state index in [1.54, 1.807) is 34.9 Å². The molecular formula is C16H24N2O3. The van der Waals surface area contributed by atoms with E-state index < -0.39 is 17.7 Å². The Kier molecular flexibility index (Phi) is 5.35. The third-order valence-corrected chi connectivity index (χ3v) is 2.85. The second kappa shape index (κ2) is 6.61. The molecule has 0 aliphatic heterocycles. The molecule has 116 valence electrons. The van der Waals surface area contributed by atoms with E-state index in [0.717, 1.165) is 11.1 Å². The highest BCUT2D eigenvalue weighted by molar-refractivity contribution is 5.87. The zero-order valence-corrected chi connectivity index (χ0v) is 13.6. The predicted octanol–water partition coefficient (Wildman–Crippen LogP) is 2.65. The molecule has 0 aliphatic carbocycles. The standard InChI is InChI=1S/C16H24N2O3/c1-11-9-7-8-10-12(11)13(14(19)18(5)6)17-15(20)21-16(2,3)4/h7-10,13H,1-6H3,(H,17,20)/t13-/m1/s1. The van der Waals surface area contributed by atoms with Gasteiger partial charge in [0, 0.05) is 14.1 Å². The third kappa shape index (κ3) is 5.10. The zero-order valence-electron chi connectivity index (χ0n) is 13.6. The number of nitrogens with one attached hydrogen (secondary N) is 1. The second-order valence-corrected chi connectivity index (χ2v) is 6.17. The summed E-state index contributed by atoms with van der Waals surface area (Å²) in [5.41, 5.74) is 1.09. The van der Waals surface area contributed by atoms with Crippen LogP contribution in [0.25, 0.3) is 0 Å². The van der Waals surface area contributed by atoms with Crippen LogP contribution in [0.1, 0.15) is 37.9 Å². The Balaban J connectivity index is 3.02. The minimum absolute atomic E-state index is 0.199. The number of amides is 2. The van der Waals surface area contributed by atoms with Gasteiger partial charge < -0.3 is 15.0 Å². The van der Waals surface area contributed by atoms with Crippen LogP contribution < -0.4 is 5.32 Å². The fourth-order valence-corrected chi connectivity index (χ4v) is 1.87. The van der Waals surface area contributed by atoms with Gasteiger partial charge in [0.1, 0.15) is 11.6 Å². The van der Waals surface area contributed by atoms with Crippen molar-refractivity contribution in [3.05, 3.63) is 35.4 Å². The van der Waals surface area contributed by atoms with Gasteiger partial charge in [-0.2, -0.15) is 0 Å².